The van der Waals surface area contributed by atoms with Crippen LogP contribution in [0.5, 0.6) is 0 Å². The van der Waals surface area contributed by atoms with Gasteiger partial charge in [0.25, 0.3) is 0 Å². The van der Waals surface area contributed by atoms with E-state index in [2.05, 4.69) is 229 Å². The van der Waals surface area contributed by atoms with Gasteiger partial charge in [-0.2, -0.15) is 0 Å². The zero-order valence-corrected chi connectivity index (χ0v) is 32.5. The fraction of sp³-hybridized carbons (Fsp3) is 0. The van der Waals surface area contributed by atoms with E-state index in [9.17, 15) is 0 Å². The number of benzene rings is 10. The van der Waals surface area contributed by atoms with Gasteiger partial charge in [0.15, 0.2) is 0 Å². The Morgan fingerprint density at radius 2 is 0.828 bits per heavy atom. The molecule has 1 nitrogen and oxygen atoms in total. The lowest BCUT2D eigenvalue weighted by atomic mass is 9.97. The van der Waals surface area contributed by atoms with Crippen molar-refractivity contribution in [2.75, 3.05) is 4.90 Å². The van der Waals surface area contributed by atoms with Crippen molar-refractivity contribution < 1.29 is 0 Å². The molecule has 1 aromatic heterocycles. The summed E-state index contributed by atoms with van der Waals surface area (Å²) >= 11 is 1.88. The van der Waals surface area contributed by atoms with E-state index in [1.54, 1.807) is 0 Å². The Bertz CT molecular complexity index is 3280. The molecule has 2 heteroatoms. The average molecular weight is 756 g/mol. The molecule has 0 unspecified atom stereocenters. The van der Waals surface area contributed by atoms with Crippen molar-refractivity contribution in [2.45, 2.75) is 0 Å². The van der Waals surface area contributed by atoms with E-state index >= 15 is 0 Å². The maximum atomic E-state index is 2.39. The fourth-order valence-electron chi connectivity index (χ4n) is 8.55. The Balaban J connectivity index is 0.997. The molecular formula is C56H37NS. The van der Waals surface area contributed by atoms with Crippen LogP contribution in [0.25, 0.3) is 86.2 Å². The van der Waals surface area contributed by atoms with Crippen molar-refractivity contribution in [1.82, 2.24) is 0 Å². The molecule has 0 atom stereocenters. The standard InChI is InChI=1S/C56H37NS/c1-2-13-42-36-45(26-25-38(42)11-1)44-16-7-15-43(35-44)39-27-31-47(32-28-39)57(48-33-29-41(30-34-48)51-21-9-14-40-12-3-4-19-50(40)51)49-18-8-17-46(37-49)52-22-10-23-54-53-20-5-6-24-55(53)58-56(52)54/h1-37H. The first-order valence-corrected chi connectivity index (χ1v) is 20.6. The molecule has 0 spiro atoms. The molecule has 11 aromatic rings. The van der Waals surface area contributed by atoms with Gasteiger partial charge in [-0.1, -0.05) is 170 Å². The molecule has 58 heavy (non-hydrogen) atoms. The molecule has 272 valence electrons. The minimum absolute atomic E-state index is 1.10. The van der Waals surface area contributed by atoms with Crippen molar-refractivity contribution in [3.63, 3.8) is 0 Å². The molecule has 0 N–H and O–H groups in total. The second-order valence-electron chi connectivity index (χ2n) is 14.9. The Kier molecular flexibility index (Phi) is 8.42. The quantitative estimate of drug-likeness (QED) is 0.157. The fourth-order valence-corrected chi connectivity index (χ4v) is 9.79. The summed E-state index contributed by atoms with van der Waals surface area (Å²) < 4.78 is 2.64. The lowest BCUT2D eigenvalue weighted by Crippen LogP contribution is -2.10. The largest absolute Gasteiger partial charge is 0.310 e. The number of rotatable bonds is 7. The Labute approximate surface area is 342 Å². The highest BCUT2D eigenvalue weighted by atomic mass is 32.1. The van der Waals surface area contributed by atoms with Gasteiger partial charge >= 0.3 is 0 Å². The molecule has 0 aliphatic carbocycles. The molecule has 0 aliphatic heterocycles. The normalized spacial score (nSPS) is 11.4. The number of hydrogen-bond acceptors (Lipinski definition) is 2. The maximum Gasteiger partial charge on any atom is 0.0467 e. The van der Waals surface area contributed by atoms with Crippen molar-refractivity contribution in [3.8, 4) is 44.5 Å². The van der Waals surface area contributed by atoms with Gasteiger partial charge in [0.1, 0.15) is 0 Å². The summed E-state index contributed by atoms with van der Waals surface area (Å²) in [4.78, 5) is 2.39. The van der Waals surface area contributed by atoms with Crippen LogP contribution in [0.1, 0.15) is 0 Å². The first-order valence-electron chi connectivity index (χ1n) is 19.8. The van der Waals surface area contributed by atoms with Gasteiger partial charge in [-0.3, -0.25) is 0 Å². The van der Waals surface area contributed by atoms with E-state index in [0.717, 1.165) is 17.1 Å². The highest BCUT2D eigenvalue weighted by Crippen LogP contribution is 2.43. The van der Waals surface area contributed by atoms with E-state index in [-0.39, 0.29) is 0 Å². The van der Waals surface area contributed by atoms with Gasteiger partial charge in [-0.15, -0.1) is 11.3 Å². The molecule has 0 saturated carbocycles. The molecular weight excluding hydrogens is 719 g/mol. The van der Waals surface area contributed by atoms with E-state index in [1.165, 1.54) is 86.2 Å². The molecule has 1 heterocycles. The van der Waals surface area contributed by atoms with Crippen LogP contribution in [0, 0.1) is 0 Å². The van der Waals surface area contributed by atoms with Crippen LogP contribution in [0.15, 0.2) is 224 Å². The number of anilines is 3. The average Bonchev–Trinajstić information content (AvgIpc) is 3.69. The smallest absolute Gasteiger partial charge is 0.0467 e. The minimum Gasteiger partial charge on any atom is -0.310 e. The van der Waals surface area contributed by atoms with Crippen molar-refractivity contribution in [2.24, 2.45) is 0 Å². The third kappa shape index (κ3) is 6.12. The van der Waals surface area contributed by atoms with E-state index in [0.29, 0.717) is 0 Å². The summed E-state index contributed by atoms with van der Waals surface area (Å²) in [6, 6.07) is 81.9. The third-order valence-electron chi connectivity index (χ3n) is 11.4. The van der Waals surface area contributed by atoms with Crippen LogP contribution in [-0.4, -0.2) is 0 Å². The molecule has 0 amide bonds. The van der Waals surface area contributed by atoms with Crippen LogP contribution >= 0.6 is 11.3 Å². The van der Waals surface area contributed by atoms with Gasteiger partial charge < -0.3 is 4.90 Å². The molecule has 0 radical (unpaired) electrons. The molecule has 11 rings (SSSR count). The van der Waals surface area contributed by atoms with Gasteiger partial charge in [0.2, 0.25) is 0 Å². The second-order valence-corrected chi connectivity index (χ2v) is 16.0. The molecule has 0 bridgehead atoms. The summed E-state index contributed by atoms with van der Waals surface area (Å²) in [5.74, 6) is 0. The van der Waals surface area contributed by atoms with Crippen LogP contribution in [0.4, 0.5) is 17.1 Å². The van der Waals surface area contributed by atoms with E-state index in [1.807, 2.05) is 11.3 Å². The summed E-state index contributed by atoms with van der Waals surface area (Å²) in [5, 5.41) is 7.65. The summed E-state index contributed by atoms with van der Waals surface area (Å²) in [6.07, 6.45) is 0. The molecule has 0 saturated heterocycles. The second kappa shape index (κ2) is 14.4. The number of nitrogens with zero attached hydrogens (tertiary/aromatic N) is 1. The SMILES string of the molecule is c1cc(-c2ccc(N(c3ccc(-c4cccc5ccccc45)cc3)c3cccc(-c4cccc5c4sc4ccccc45)c3)cc2)cc(-c2ccc3ccccc3c2)c1. The van der Waals surface area contributed by atoms with Gasteiger partial charge in [-0.25, -0.2) is 0 Å². The van der Waals surface area contributed by atoms with E-state index < -0.39 is 0 Å². The topological polar surface area (TPSA) is 3.24 Å². The monoisotopic (exact) mass is 755 g/mol. The van der Waals surface area contributed by atoms with Crippen LogP contribution in [0.2, 0.25) is 0 Å². The Morgan fingerprint density at radius 3 is 1.66 bits per heavy atom. The lowest BCUT2D eigenvalue weighted by molar-refractivity contribution is 1.28. The third-order valence-corrected chi connectivity index (χ3v) is 12.7. The zero-order valence-electron chi connectivity index (χ0n) is 31.7. The van der Waals surface area contributed by atoms with Crippen molar-refractivity contribution in [1.29, 1.82) is 0 Å². The zero-order chi connectivity index (χ0) is 38.4. The van der Waals surface area contributed by atoms with Crippen LogP contribution < -0.4 is 4.90 Å². The van der Waals surface area contributed by atoms with Crippen LogP contribution in [-0.2, 0) is 0 Å². The summed E-state index contributed by atoms with van der Waals surface area (Å²) in [6.45, 7) is 0. The molecule has 0 aliphatic rings. The Morgan fingerprint density at radius 1 is 0.276 bits per heavy atom. The molecule has 10 aromatic carbocycles. The predicted molar refractivity (Wildman–Crippen MR) is 251 cm³/mol. The highest BCUT2D eigenvalue weighted by Gasteiger charge is 2.17. The first kappa shape index (κ1) is 34.0. The van der Waals surface area contributed by atoms with Gasteiger partial charge in [-0.05, 0) is 121 Å². The predicted octanol–water partition coefficient (Wildman–Crippen LogP) is 16.5. The first-order chi connectivity index (χ1) is 28.7. The highest BCUT2D eigenvalue weighted by molar-refractivity contribution is 7.26. The van der Waals surface area contributed by atoms with E-state index in [4.69, 9.17) is 0 Å². The van der Waals surface area contributed by atoms with Gasteiger partial charge in [0, 0.05) is 37.2 Å². The lowest BCUT2D eigenvalue weighted by Gasteiger charge is -2.26. The van der Waals surface area contributed by atoms with Crippen molar-refractivity contribution in [3.05, 3.63) is 224 Å². The summed E-state index contributed by atoms with van der Waals surface area (Å²) in [5.41, 5.74) is 13.0. The molecule has 0 fully saturated rings. The number of hydrogen-bond donors (Lipinski definition) is 0. The minimum atomic E-state index is 1.10. The van der Waals surface area contributed by atoms with Crippen molar-refractivity contribution >= 4 is 70.1 Å². The Hall–Kier alpha value is -7.26. The number of thiophene rings is 1. The van der Waals surface area contributed by atoms with Gasteiger partial charge in [0.05, 0.1) is 0 Å². The maximum absolute atomic E-state index is 2.39. The summed E-state index contributed by atoms with van der Waals surface area (Å²) in [7, 11) is 0. The number of fused-ring (bicyclic) bond motifs is 5. The van der Waals surface area contributed by atoms with Crippen LogP contribution in [0.3, 0.4) is 0 Å².